The van der Waals surface area contributed by atoms with E-state index < -0.39 is 0 Å². The third-order valence-corrected chi connectivity index (χ3v) is 7.68. The number of aromatic nitrogens is 2. The second kappa shape index (κ2) is 13.7. The van der Waals surface area contributed by atoms with E-state index in [0.717, 1.165) is 56.3 Å². The van der Waals surface area contributed by atoms with Gasteiger partial charge in [0, 0.05) is 65.2 Å². The zero-order chi connectivity index (χ0) is 30.3. The van der Waals surface area contributed by atoms with Crippen LogP contribution in [0.25, 0.3) is 0 Å². The van der Waals surface area contributed by atoms with Crippen LogP contribution in [-0.4, -0.2) is 100 Å². The SMILES string of the molecule is CCCOCCNC(=O)CN1CCN(c2ccc(Nc3ncc4c(n3)N(C)c3ccccc3C(=O)N4C)c(OC)c2)CC1. The van der Waals surface area contributed by atoms with Crippen molar-refractivity contribution in [2.24, 2.45) is 0 Å². The van der Waals surface area contributed by atoms with Crippen molar-refractivity contribution in [3.8, 4) is 5.75 Å². The number of carbonyl (C=O) groups excluding carboxylic acids is 2. The van der Waals surface area contributed by atoms with Gasteiger partial charge < -0.3 is 34.8 Å². The van der Waals surface area contributed by atoms with E-state index in [1.54, 1.807) is 25.3 Å². The lowest BCUT2D eigenvalue weighted by atomic mass is 10.1. The van der Waals surface area contributed by atoms with Gasteiger partial charge in [0.1, 0.15) is 11.4 Å². The Bertz CT molecular complexity index is 1440. The molecule has 3 aromatic rings. The summed E-state index contributed by atoms with van der Waals surface area (Å²) >= 11 is 0. The van der Waals surface area contributed by atoms with Crippen molar-refractivity contribution >= 4 is 46.3 Å². The molecule has 0 aliphatic carbocycles. The van der Waals surface area contributed by atoms with E-state index in [-0.39, 0.29) is 11.8 Å². The molecule has 0 atom stereocenters. The van der Waals surface area contributed by atoms with Crippen molar-refractivity contribution in [3.63, 3.8) is 0 Å². The number of nitrogens with zero attached hydrogens (tertiary/aromatic N) is 6. The zero-order valence-electron chi connectivity index (χ0n) is 25.3. The highest BCUT2D eigenvalue weighted by Gasteiger charge is 2.29. The van der Waals surface area contributed by atoms with E-state index in [4.69, 9.17) is 14.5 Å². The lowest BCUT2D eigenvalue weighted by molar-refractivity contribution is -0.122. The summed E-state index contributed by atoms with van der Waals surface area (Å²) in [4.78, 5) is 42.6. The molecule has 228 valence electrons. The Morgan fingerprint density at radius 2 is 1.79 bits per heavy atom. The number of hydrogen-bond donors (Lipinski definition) is 2. The first-order valence-corrected chi connectivity index (χ1v) is 14.6. The molecular formula is C31H40N8O4. The smallest absolute Gasteiger partial charge is 0.260 e. The molecule has 2 amide bonds. The van der Waals surface area contributed by atoms with Gasteiger partial charge in [-0.25, -0.2) is 4.98 Å². The van der Waals surface area contributed by atoms with Crippen LogP contribution < -0.4 is 30.1 Å². The molecular weight excluding hydrogens is 548 g/mol. The van der Waals surface area contributed by atoms with Crippen molar-refractivity contribution in [1.82, 2.24) is 20.2 Å². The highest BCUT2D eigenvalue weighted by Crippen LogP contribution is 2.39. The summed E-state index contributed by atoms with van der Waals surface area (Å²) in [6.45, 7) is 7.44. The number of hydrogen-bond acceptors (Lipinski definition) is 10. The number of rotatable bonds is 11. The lowest BCUT2D eigenvalue weighted by Gasteiger charge is -2.36. The number of anilines is 6. The van der Waals surface area contributed by atoms with Gasteiger partial charge in [0.25, 0.3) is 5.91 Å². The monoisotopic (exact) mass is 588 g/mol. The zero-order valence-corrected chi connectivity index (χ0v) is 25.3. The van der Waals surface area contributed by atoms with Crippen LogP contribution in [0.4, 0.5) is 34.5 Å². The van der Waals surface area contributed by atoms with Crippen LogP contribution in [0.15, 0.2) is 48.7 Å². The van der Waals surface area contributed by atoms with Crippen molar-refractivity contribution in [2.75, 3.05) is 93.7 Å². The molecule has 43 heavy (non-hydrogen) atoms. The number of ether oxygens (including phenoxy) is 2. The summed E-state index contributed by atoms with van der Waals surface area (Å²) in [6.07, 6.45) is 2.63. The van der Waals surface area contributed by atoms with Crippen molar-refractivity contribution in [2.45, 2.75) is 13.3 Å². The Morgan fingerprint density at radius 3 is 2.56 bits per heavy atom. The van der Waals surface area contributed by atoms with Gasteiger partial charge in [0.05, 0.1) is 43.4 Å². The molecule has 12 heteroatoms. The third kappa shape index (κ3) is 6.81. The maximum absolute atomic E-state index is 13.1. The highest BCUT2D eigenvalue weighted by molar-refractivity contribution is 6.13. The molecule has 2 N–H and O–H groups in total. The summed E-state index contributed by atoms with van der Waals surface area (Å²) in [5.41, 5.74) is 3.77. The van der Waals surface area contributed by atoms with Crippen LogP contribution in [0, 0.1) is 0 Å². The standard InChI is InChI=1S/C31H40N8O4/c1-5-17-43-18-12-32-28(40)21-38-13-15-39(16-14-38)22-10-11-24(27(19-22)42-4)34-31-33-20-26-29(35-31)36(2)25-9-7-6-8-23(25)30(41)37(26)3/h6-11,19-20H,5,12-18,21H2,1-4H3,(H,32,40)(H,33,34,35). The number of carbonyl (C=O) groups is 2. The first kappa shape index (κ1) is 30.1. The summed E-state index contributed by atoms with van der Waals surface area (Å²) in [6, 6.07) is 13.5. The number of piperazine rings is 1. The fourth-order valence-corrected chi connectivity index (χ4v) is 5.29. The van der Waals surface area contributed by atoms with Gasteiger partial charge in [-0.1, -0.05) is 19.1 Å². The Labute approximate surface area is 252 Å². The van der Waals surface area contributed by atoms with Crippen molar-refractivity contribution in [3.05, 3.63) is 54.2 Å². The van der Waals surface area contributed by atoms with Crippen LogP contribution in [0.5, 0.6) is 5.75 Å². The van der Waals surface area contributed by atoms with Crippen molar-refractivity contribution < 1.29 is 19.1 Å². The van der Waals surface area contributed by atoms with E-state index in [1.165, 1.54) is 0 Å². The maximum atomic E-state index is 13.1. The van der Waals surface area contributed by atoms with Crippen LogP contribution in [0.2, 0.25) is 0 Å². The Kier molecular flexibility index (Phi) is 9.58. The van der Waals surface area contributed by atoms with Gasteiger partial charge >= 0.3 is 0 Å². The minimum atomic E-state index is -0.111. The predicted molar refractivity (Wildman–Crippen MR) is 168 cm³/mol. The van der Waals surface area contributed by atoms with E-state index in [2.05, 4.69) is 32.3 Å². The molecule has 0 saturated carbocycles. The fraction of sp³-hybridized carbons (Fsp3) is 0.419. The van der Waals surface area contributed by atoms with Gasteiger partial charge in [-0.2, -0.15) is 4.98 Å². The van der Waals surface area contributed by atoms with E-state index >= 15 is 0 Å². The molecule has 0 radical (unpaired) electrons. The highest BCUT2D eigenvalue weighted by atomic mass is 16.5. The van der Waals surface area contributed by atoms with E-state index in [9.17, 15) is 9.59 Å². The first-order chi connectivity index (χ1) is 20.9. The second-order valence-electron chi connectivity index (χ2n) is 10.6. The number of methoxy groups -OCH3 is 1. The Hall–Kier alpha value is -4.42. The molecule has 2 aliphatic rings. The van der Waals surface area contributed by atoms with E-state index in [1.807, 2.05) is 54.4 Å². The molecule has 0 bridgehead atoms. The minimum Gasteiger partial charge on any atom is -0.494 e. The average molecular weight is 589 g/mol. The molecule has 1 saturated heterocycles. The topological polar surface area (TPSA) is 115 Å². The first-order valence-electron chi connectivity index (χ1n) is 14.6. The molecule has 5 rings (SSSR count). The number of para-hydroxylation sites is 1. The molecule has 2 aromatic carbocycles. The minimum absolute atomic E-state index is 0.0271. The van der Waals surface area contributed by atoms with Crippen LogP contribution in [-0.2, 0) is 9.53 Å². The summed E-state index contributed by atoms with van der Waals surface area (Å²) in [5.74, 6) is 1.58. The number of benzene rings is 2. The Balaban J connectivity index is 1.22. The molecule has 1 fully saturated rings. The van der Waals surface area contributed by atoms with Gasteiger partial charge in [-0.15, -0.1) is 0 Å². The molecule has 0 unspecified atom stereocenters. The summed E-state index contributed by atoms with van der Waals surface area (Å²) < 4.78 is 11.2. The van der Waals surface area contributed by atoms with Gasteiger partial charge in [0.15, 0.2) is 5.82 Å². The third-order valence-electron chi connectivity index (χ3n) is 7.68. The number of amides is 2. The predicted octanol–water partition coefficient (Wildman–Crippen LogP) is 3.25. The summed E-state index contributed by atoms with van der Waals surface area (Å²) in [7, 11) is 5.26. The molecule has 0 spiro atoms. The van der Waals surface area contributed by atoms with Gasteiger partial charge in [-0.05, 0) is 30.7 Å². The van der Waals surface area contributed by atoms with Crippen LogP contribution in [0.1, 0.15) is 23.7 Å². The number of fused-ring (bicyclic) bond motifs is 2. The van der Waals surface area contributed by atoms with E-state index in [0.29, 0.717) is 48.5 Å². The fourth-order valence-electron chi connectivity index (χ4n) is 5.29. The number of nitrogens with one attached hydrogen (secondary N) is 2. The normalized spacial score (nSPS) is 15.1. The van der Waals surface area contributed by atoms with Crippen LogP contribution in [0.3, 0.4) is 0 Å². The maximum Gasteiger partial charge on any atom is 0.260 e. The lowest BCUT2D eigenvalue weighted by Crippen LogP contribution is -2.49. The largest absolute Gasteiger partial charge is 0.494 e. The quantitative estimate of drug-likeness (QED) is 0.324. The van der Waals surface area contributed by atoms with Gasteiger partial charge in [-0.3, -0.25) is 14.5 Å². The van der Waals surface area contributed by atoms with Crippen molar-refractivity contribution in [1.29, 1.82) is 0 Å². The van der Waals surface area contributed by atoms with Gasteiger partial charge in [0.2, 0.25) is 11.9 Å². The Morgan fingerprint density at radius 1 is 1.00 bits per heavy atom. The summed E-state index contributed by atoms with van der Waals surface area (Å²) in [5, 5.41) is 6.22. The molecule has 12 nitrogen and oxygen atoms in total. The molecule has 1 aromatic heterocycles. The molecule has 2 aliphatic heterocycles. The second-order valence-corrected chi connectivity index (χ2v) is 10.6. The molecule has 3 heterocycles. The average Bonchev–Trinajstić information content (AvgIpc) is 3.11. The van der Waals surface area contributed by atoms with Crippen LogP contribution >= 0.6 is 0 Å².